The molecule has 12 heavy (non-hydrogen) atoms. The van der Waals surface area contributed by atoms with Gasteiger partial charge in [0, 0.05) is 0 Å². The summed E-state index contributed by atoms with van der Waals surface area (Å²) in [6.45, 7) is 0. The lowest BCUT2D eigenvalue weighted by Gasteiger charge is -2.21. The van der Waals surface area contributed by atoms with E-state index in [0.29, 0.717) is 6.42 Å². The van der Waals surface area contributed by atoms with E-state index in [4.69, 9.17) is 0 Å². The average Bonchev–Trinajstić information content (AvgIpc) is 2.29. The highest BCUT2D eigenvalue weighted by molar-refractivity contribution is 6.05. The number of nitrogens with one attached hydrogen (secondary N) is 1. The molecule has 0 aromatic carbocycles. The van der Waals surface area contributed by atoms with Gasteiger partial charge in [-0.25, -0.2) is 0 Å². The first kappa shape index (κ1) is 7.49. The van der Waals surface area contributed by atoms with Crippen LogP contribution in [-0.4, -0.2) is 23.0 Å². The number of amides is 2. The van der Waals surface area contributed by atoms with Gasteiger partial charge in [0.2, 0.25) is 11.8 Å². The number of hydrogen-bond acceptors (Lipinski definition) is 3. The fraction of sp³-hybridized carbons (Fsp3) is 0.500. The van der Waals surface area contributed by atoms with E-state index in [2.05, 4.69) is 5.32 Å². The van der Waals surface area contributed by atoms with Crippen LogP contribution in [0.1, 0.15) is 6.42 Å². The zero-order chi connectivity index (χ0) is 8.72. The summed E-state index contributed by atoms with van der Waals surface area (Å²) >= 11 is 0. The summed E-state index contributed by atoms with van der Waals surface area (Å²) in [7, 11) is 0. The minimum atomic E-state index is -0.796. The Bertz CT molecular complexity index is 271. The van der Waals surface area contributed by atoms with E-state index >= 15 is 0 Å². The quantitative estimate of drug-likeness (QED) is 0.366. The van der Waals surface area contributed by atoms with Crippen LogP contribution in [0.3, 0.4) is 0 Å². The summed E-state index contributed by atoms with van der Waals surface area (Å²) in [6, 6.07) is 0. The third-order valence-electron chi connectivity index (χ3n) is 2.41. The molecule has 2 amide bonds. The highest BCUT2D eigenvalue weighted by Crippen LogP contribution is 2.30. The zero-order valence-electron chi connectivity index (χ0n) is 6.36. The predicted octanol–water partition coefficient (Wildman–Crippen LogP) is -0.804. The van der Waals surface area contributed by atoms with Crippen LogP contribution in [0.4, 0.5) is 0 Å². The van der Waals surface area contributed by atoms with Crippen LogP contribution >= 0.6 is 0 Å². The Morgan fingerprint density at radius 1 is 1.42 bits per heavy atom. The fourth-order valence-corrected chi connectivity index (χ4v) is 1.77. The number of rotatable bonds is 0. The van der Waals surface area contributed by atoms with E-state index in [1.807, 2.05) is 0 Å². The van der Waals surface area contributed by atoms with E-state index in [0.717, 1.165) is 0 Å². The van der Waals surface area contributed by atoms with Crippen molar-refractivity contribution in [1.82, 2.24) is 5.32 Å². The molecular weight excluding hydrogens is 158 g/mol. The maximum absolute atomic E-state index is 11.1. The van der Waals surface area contributed by atoms with Gasteiger partial charge in [-0.3, -0.25) is 14.9 Å². The van der Waals surface area contributed by atoms with E-state index < -0.39 is 12.0 Å². The van der Waals surface area contributed by atoms with Crippen molar-refractivity contribution in [3.05, 3.63) is 12.2 Å². The van der Waals surface area contributed by atoms with Gasteiger partial charge < -0.3 is 5.11 Å². The molecule has 4 heteroatoms. The Morgan fingerprint density at radius 2 is 2.17 bits per heavy atom. The van der Waals surface area contributed by atoms with Crippen molar-refractivity contribution in [1.29, 1.82) is 0 Å². The van der Waals surface area contributed by atoms with Gasteiger partial charge in [0.1, 0.15) is 0 Å². The molecule has 2 N–H and O–H groups in total. The van der Waals surface area contributed by atoms with Crippen LogP contribution < -0.4 is 5.32 Å². The standard InChI is InChI=1S/C8H9NO3/c10-5-3-1-2-4-6(5)8(12)9-7(4)11/h1,3-6,10H,2H2,(H,9,11,12)/t4-,5+,6+/m1/s1. The van der Waals surface area contributed by atoms with Crippen molar-refractivity contribution < 1.29 is 14.7 Å². The molecule has 0 saturated carbocycles. The number of carbonyl (C=O) groups excluding carboxylic acids is 2. The molecule has 64 valence electrons. The Hall–Kier alpha value is -1.16. The van der Waals surface area contributed by atoms with E-state index in [-0.39, 0.29) is 17.7 Å². The molecule has 1 aliphatic carbocycles. The van der Waals surface area contributed by atoms with Crippen molar-refractivity contribution in [2.24, 2.45) is 11.8 Å². The number of aliphatic hydroxyl groups is 1. The minimum Gasteiger partial charge on any atom is -0.388 e. The van der Waals surface area contributed by atoms with Gasteiger partial charge in [-0.15, -0.1) is 0 Å². The predicted molar refractivity (Wildman–Crippen MR) is 39.9 cm³/mol. The van der Waals surface area contributed by atoms with Gasteiger partial charge in [0.05, 0.1) is 17.9 Å². The Labute approximate surface area is 69.3 Å². The first-order valence-electron chi connectivity index (χ1n) is 3.89. The van der Waals surface area contributed by atoms with Crippen molar-refractivity contribution in [2.45, 2.75) is 12.5 Å². The van der Waals surface area contributed by atoms with Crippen LogP contribution in [0, 0.1) is 11.8 Å². The third kappa shape index (κ3) is 0.881. The molecule has 0 spiro atoms. The Morgan fingerprint density at radius 3 is 2.83 bits per heavy atom. The summed E-state index contributed by atoms with van der Waals surface area (Å²) in [5, 5.41) is 11.6. The molecule has 2 rings (SSSR count). The number of allylic oxidation sites excluding steroid dienone is 1. The molecule has 1 aliphatic heterocycles. The molecule has 1 saturated heterocycles. The molecule has 1 fully saturated rings. The maximum Gasteiger partial charge on any atom is 0.233 e. The third-order valence-corrected chi connectivity index (χ3v) is 2.41. The second-order valence-corrected chi connectivity index (χ2v) is 3.14. The number of hydrogen-bond donors (Lipinski definition) is 2. The van der Waals surface area contributed by atoms with Crippen LogP contribution in [0.5, 0.6) is 0 Å². The number of aliphatic hydroxyl groups excluding tert-OH is 1. The lowest BCUT2D eigenvalue weighted by Crippen LogP contribution is -2.32. The average molecular weight is 167 g/mol. The molecule has 2 aliphatic rings. The van der Waals surface area contributed by atoms with Gasteiger partial charge in [-0.2, -0.15) is 0 Å². The molecule has 0 aromatic rings. The van der Waals surface area contributed by atoms with E-state index in [1.165, 1.54) is 0 Å². The smallest absolute Gasteiger partial charge is 0.233 e. The highest BCUT2D eigenvalue weighted by atomic mass is 16.3. The summed E-state index contributed by atoms with van der Waals surface area (Å²) in [5.41, 5.74) is 0. The fourth-order valence-electron chi connectivity index (χ4n) is 1.77. The molecule has 4 nitrogen and oxygen atoms in total. The normalized spacial score (nSPS) is 39.6. The van der Waals surface area contributed by atoms with Crippen LogP contribution in [0.25, 0.3) is 0 Å². The largest absolute Gasteiger partial charge is 0.388 e. The van der Waals surface area contributed by atoms with Crippen LogP contribution in [-0.2, 0) is 9.59 Å². The maximum atomic E-state index is 11.1. The van der Waals surface area contributed by atoms with Crippen LogP contribution in [0.15, 0.2) is 12.2 Å². The zero-order valence-corrected chi connectivity index (χ0v) is 6.36. The lowest BCUT2D eigenvalue weighted by atomic mass is 9.83. The number of imide groups is 1. The van der Waals surface area contributed by atoms with Gasteiger partial charge in [0.15, 0.2) is 0 Å². The topological polar surface area (TPSA) is 66.4 Å². The molecule has 0 bridgehead atoms. The molecule has 0 unspecified atom stereocenters. The molecule has 0 aromatic heterocycles. The van der Waals surface area contributed by atoms with Crippen molar-refractivity contribution >= 4 is 11.8 Å². The van der Waals surface area contributed by atoms with Crippen molar-refractivity contribution in [3.63, 3.8) is 0 Å². The Kier molecular flexibility index (Phi) is 1.51. The second kappa shape index (κ2) is 2.42. The summed E-state index contributed by atoms with van der Waals surface area (Å²) in [4.78, 5) is 22.2. The number of fused-ring (bicyclic) bond motifs is 1. The summed E-state index contributed by atoms with van der Waals surface area (Å²) in [5.74, 6) is -1.50. The molecular formula is C8H9NO3. The van der Waals surface area contributed by atoms with Crippen molar-refractivity contribution in [3.8, 4) is 0 Å². The first-order chi connectivity index (χ1) is 5.70. The Balaban J connectivity index is 2.32. The minimum absolute atomic E-state index is 0.256. The highest BCUT2D eigenvalue weighted by Gasteiger charge is 2.45. The molecule has 0 radical (unpaired) electrons. The monoisotopic (exact) mass is 167 g/mol. The van der Waals surface area contributed by atoms with Crippen LogP contribution in [0.2, 0.25) is 0 Å². The van der Waals surface area contributed by atoms with Crippen molar-refractivity contribution in [2.75, 3.05) is 0 Å². The first-order valence-corrected chi connectivity index (χ1v) is 3.89. The second-order valence-electron chi connectivity index (χ2n) is 3.14. The number of carbonyl (C=O) groups is 2. The van der Waals surface area contributed by atoms with Gasteiger partial charge in [-0.05, 0) is 6.42 Å². The molecule has 1 heterocycles. The van der Waals surface area contributed by atoms with Gasteiger partial charge >= 0.3 is 0 Å². The summed E-state index contributed by atoms with van der Waals surface area (Å²) < 4.78 is 0. The summed E-state index contributed by atoms with van der Waals surface area (Å²) in [6.07, 6.45) is 3.07. The van der Waals surface area contributed by atoms with E-state index in [1.54, 1.807) is 12.2 Å². The lowest BCUT2D eigenvalue weighted by molar-refractivity contribution is -0.126. The molecule has 3 atom stereocenters. The SMILES string of the molecule is O=C1NC(=O)[C@@H]2CC=C[C@H](O)[C@@H]12. The van der Waals surface area contributed by atoms with E-state index in [9.17, 15) is 14.7 Å². The van der Waals surface area contributed by atoms with Gasteiger partial charge in [-0.1, -0.05) is 12.2 Å². The van der Waals surface area contributed by atoms with Gasteiger partial charge in [0.25, 0.3) is 0 Å².